The second kappa shape index (κ2) is 7.72. The molecule has 4 rings (SSSR count). The fraction of sp³-hybridized carbons (Fsp3) is 0.286. The molecule has 1 amide bonds. The van der Waals surface area contributed by atoms with E-state index in [0.717, 1.165) is 35.7 Å². The van der Waals surface area contributed by atoms with Gasteiger partial charge in [0.15, 0.2) is 0 Å². The Balaban J connectivity index is 1.49. The number of methoxy groups -OCH3 is 2. The molecule has 1 atom stereocenters. The number of rotatable bonds is 5. The largest absolute Gasteiger partial charge is 0.497 e. The monoisotopic (exact) mass is 378 g/mol. The number of carbonyl (C=O) groups excluding carboxylic acids is 1. The van der Waals surface area contributed by atoms with E-state index in [4.69, 9.17) is 9.47 Å². The minimum atomic E-state index is 0.0414. The van der Waals surface area contributed by atoms with Gasteiger partial charge in [-0.3, -0.25) is 9.36 Å². The quantitative estimate of drug-likeness (QED) is 0.683. The van der Waals surface area contributed by atoms with Crippen LogP contribution in [0.5, 0.6) is 11.5 Å². The molecular weight excluding hydrogens is 356 g/mol. The molecule has 1 aliphatic rings. The van der Waals surface area contributed by atoms with Gasteiger partial charge in [-0.1, -0.05) is 0 Å². The van der Waals surface area contributed by atoms with Crippen LogP contribution in [-0.4, -0.2) is 52.9 Å². The van der Waals surface area contributed by atoms with Gasteiger partial charge >= 0.3 is 0 Å². The van der Waals surface area contributed by atoms with Crippen LogP contribution in [-0.2, 0) is 0 Å². The Labute approximate surface area is 163 Å². The summed E-state index contributed by atoms with van der Waals surface area (Å²) in [6.07, 6.45) is 4.15. The molecular formula is C21H22N4O3. The van der Waals surface area contributed by atoms with Crippen molar-refractivity contribution in [2.45, 2.75) is 12.3 Å². The first-order chi connectivity index (χ1) is 13.7. The normalized spacial score (nSPS) is 16.2. The standard InChI is InChI=1S/C21H22N4O3/c1-27-18-7-8-20(28-2)19(11-18)16-9-10-24(12-16)21(26)15-3-5-17(6-4-15)25-13-22-23-14-25/h3-8,11,13-14,16H,9-10,12H2,1-2H3/t16-/m0/s1. The summed E-state index contributed by atoms with van der Waals surface area (Å²) in [5, 5.41) is 7.60. The number of nitrogens with zero attached hydrogens (tertiary/aromatic N) is 4. The van der Waals surface area contributed by atoms with Crippen LogP contribution in [0.1, 0.15) is 28.3 Å². The molecule has 144 valence electrons. The molecule has 0 unspecified atom stereocenters. The maximum absolute atomic E-state index is 12.9. The van der Waals surface area contributed by atoms with Crippen molar-refractivity contribution in [2.24, 2.45) is 0 Å². The van der Waals surface area contributed by atoms with E-state index in [1.165, 1.54) is 0 Å². The third-order valence-corrected chi connectivity index (χ3v) is 5.18. The Bertz CT molecular complexity index is 954. The zero-order chi connectivity index (χ0) is 19.5. The van der Waals surface area contributed by atoms with Crippen LogP contribution in [0.3, 0.4) is 0 Å². The van der Waals surface area contributed by atoms with Crippen LogP contribution in [0, 0.1) is 0 Å². The second-order valence-corrected chi connectivity index (χ2v) is 6.76. The van der Waals surface area contributed by atoms with Crippen LogP contribution in [0.2, 0.25) is 0 Å². The van der Waals surface area contributed by atoms with Gasteiger partial charge in [0, 0.05) is 35.8 Å². The fourth-order valence-electron chi connectivity index (χ4n) is 3.65. The van der Waals surface area contributed by atoms with E-state index in [1.54, 1.807) is 31.4 Å². The first-order valence-corrected chi connectivity index (χ1v) is 9.16. The predicted molar refractivity (Wildman–Crippen MR) is 104 cm³/mol. The molecule has 2 heterocycles. The summed E-state index contributed by atoms with van der Waals surface area (Å²) in [7, 11) is 3.32. The highest BCUT2D eigenvalue weighted by atomic mass is 16.5. The molecule has 1 aliphatic heterocycles. The summed E-state index contributed by atoms with van der Waals surface area (Å²) >= 11 is 0. The van der Waals surface area contributed by atoms with Gasteiger partial charge in [-0.15, -0.1) is 10.2 Å². The first-order valence-electron chi connectivity index (χ1n) is 9.16. The smallest absolute Gasteiger partial charge is 0.253 e. The van der Waals surface area contributed by atoms with E-state index < -0.39 is 0 Å². The van der Waals surface area contributed by atoms with Gasteiger partial charge in [-0.05, 0) is 48.9 Å². The average molecular weight is 378 g/mol. The number of hydrogen-bond donors (Lipinski definition) is 0. The summed E-state index contributed by atoms with van der Waals surface area (Å²) in [5.74, 6) is 1.90. The highest BCUT2D eigenvalue weighted by Crippen LogP contribution is 2.36. The molecule has 2 aromatic carbocycles. The minimum Gasteiger partial charge on any atom is -0.497 e. The molecule has 7 heteroatoms. The van der Waals surface area contributed by atoms with Crippen LogP contribution < -0.4 is 9.47 Å². The van der Waals surface area contributed by atoms with E-state index in [2.05, 4.69) is 10.2 Å². The zero-order valence-electron chi connectivity index (χ0n) is 15.9. The zero-order valence-corrected chi connectivity index (χ0v) is 15.9. The Kier molecular flexibility index (Phi) is 4.97. The topological polar surface area (TPSA) is 69.5 Å². The number of hydrogen-bond acceptors (Lipinski definition) is 5. The van der Waals surface area contributed by atoms with Crippen LogP contribution in [0.25, 0.3) is 5.69 Å². The van der Waals surface area contributed by atoms with E-state index in [-0.39, 0.29) is 11.8 Å². The molecule has 1 saturated heterocycles. The maximum Gasteiger partial charge on any atom is 0.253 e. The van der Waals surface area contributed by atoms with Crippen molar-refractivity contribution in [1.29, 1.82) is 0 Å². The summed E-state index contributed by atoms with van der Waals surface area (Å²) < 4.78 is 12.7. The SMILES string of the molecule is COc1ccc(OC)c([C@H]2CCN(C(=O)c3ccc(-n4cnnc4)cc3)C2)c1. The molecule has 7 nitrogen and oxygen atoms in total. The number of carbonyl (C=O) groups is 1. The number of amides is 1. The van der Waals surface area contributed by atoms with Gasteiger partial charge in [0.25, 0.3) is 5.91 Å². The van der Waals surface area contributed by atoms with Crippen molar-refractivity contribution in [2.75, 3.05) is 27.3 Å². The number of likely N-dealkylation sites (tertiary alicyclic amines) is 1. The van der Waals surface area contributed by atoms with Crippen molar-refractivity contribution in [3.8, 4) is 17.2 Å². The lowest BCUT2D eigenvalue weighted by Gasteiger charge is -2.19. The van der Waals surface area contributed by atoms with E-state index in [1.807, 2.05) is 47.4 Å². The third kappa shape index (κ3) is 3.43. The highest BCUT2D eigenvalue weighted by Gasteiger charge is 2.30. The van der Waals surface area contributed by atoms with Gasteiger partial charge in [-0.25, -0.2) is 0 Å². The molecule has 0 N–H and O–H groups in total. The Hall–Kier alpha value is -3.35. The third-order valence-electron chi connectivity index (χ3n) is 5.18. The number of benzene rings is 2. The lowest BCUT2D eigenvalue weighted by Crippen LogP contribution is -2.28. The molecule has 0 aliphatic carbocycles. The van der Waals surface area contributed by atoms with Crippen molar-refractivity contribution >= 4 is 5.91 Å². The van der Waals surface area contributed by atoms with Gasteiger partial charge in [-0.2, -0.15) is 0 Å². The number of ether oxygens (including phenoxy) is 2. The summed E-state index contributed by atoms with van der Waals surface area (Å²) in [6, 6.07) is 13.3. The predicted octanol–water partition coefficient (Wildman–Crippen LogP) is 2.91. The average Bonchev–Trinajstić information content (AvgIpc) is 3.45. The number of aromatic nitrogens is 3. The molecule has 0 radical (unpaired) electrons. The summed E-state index contributed by atoms with van der Waals surface area (Å²) in [6.45, 7) is 1.38. The molecule has 0 bridgehead atoms. The van der Waals surface area contributed by atoms with Gasteiger partial charge < -0.3 is 14.4 Å². The maximum atomic E-state index is 12.9. The lowest BCUT2D eigenvalue weighted by atomic mass is 9.97. The van der Waals surface area contributed by atoms with Crippen molar-refractivity contribution < 1.29 is 14.3 Å². The first kappa shape index (κ1) is 18.0. The molecule has 0 spiro atoms. The van der Waals surface area contributed by atoms with E-state index in [0.29, 0.717) is 12.1 Å². The van der Waals surface area contributed by atoms with E-state index in [9.17, 15) is 4.79 Å². The molecule has 3 aromatic rings. The fourth-order valence-corrected chi connectivity index (χ4v) is 3.65. The molecule has 28 heavy (non-hydrogen) atoms. The summed E-state index contributed by atoms with van der Waals surface area (Å²) in [4.78, 5) is 14.8. The van der Waals surface area contributed by atoms with E-state index >= 15 is 0 Å². The van der Waals surface area contributed by atoms with Crippen molar-refractivity contribution in [1.82, 2.24) is 19.7 Å². The van der Waals surface area contributed by atoms with Gasteiger partial charge in [0.1, 0.15) is 24.2 Å². The minimum absolute atomic E-state index is 0.0414. The highest BCUT2D eigenvalue weighted by molar-refractivity contribution is 5.94. The van der Waals surface area contributed by atoms with Crippen LogP contribution in [0.4, 0.5) is 0 Å². The van der Waals surface area contributed by atoms with Crippen LogP contribution in [0.15, 0.2) is 55.1 Å². The molecule has 1 fully saturated rings. The van der Waals surface area contributed by atoms with Crippen molar-refractivity contribution in [3.63, 3.8) is 0 Å². The van der Waals surface area contributed by atoms with Crippen molar-refractivity contribution in [3.05, 3.63) is 66.2 Å². The molecule has 1 aromatic heterocycles. The summed E-state index contributed by atoms with van der Waals surface area (Å²) in [5.41, 5.74) is 2.68. The van der Waals surface area contributed by atoms with Gasteiger partial charge in [0.05, 0.1) is 14.2 Å². The molecule has 0 saturated carbocycles. The second-order valence-electron chi connectivity index (χ2n) is 6.76. The van der Waals surface area contributed by atoms with Gasteiger partial charge in [0.2, 0.25) is 0 Å². The van der Waals surface area contributed by atoms with Crippen LogP contribution >= 0.6 is 0 Å². The Morgan fingerprint density at radius 1 is 1.04 bits per heavy atom. The Morgan fingerprint density at radius 3 is 2.46 bits per heavy atom. The Morgan fingerprint density at radius 2 is 1.79 bits per heavy atom. The lowest BCUT2D eigenvalue weighted by molar-refractivity contribution is 0.0790.